The molecule has 0 aromatic carbocycles. The highest BCUT2D eigenvalue weighted by molar-refractivity contribution is 9.09. The first-order valence-electron chi connectivity index (χ1n) is 4.25. The van der Waals surface area contributed by atoms with Crippen LogP contribution in [0.5, 0.6) is 0 Å². The van der Waals surface area contributed by atoms with Crippen LogP contribution in [0.1, 0.15) is 19.3 Å². The van der Waals surface area contributed by atoms with Crippen molar-refractivity contribution in [3.05, 3.63) is 0 Å². The molecule has 6 heteroatoms. The number of halogens is 1. The Morgan fingerprint density at radius 1 is 1.50 bits per heavy atom. The lowest BCUT2D eigenvalue weighted by Gasteiger charge is -2.35. The minimum Gasteiger partial charge on any atom is -0.480 e. The van der Waals surface area contributed by atoms with Gasteiger partial charge in [-0.15, -0.1) is 0 Å². The summed E-state index contributed by atoms with van der Waals surface area (Å²) >= 11 is 3.21. The smallest absolute Gasteiger partial charge is 0.319 e. The molecule has 0 aliphatic heterocycles. The first-order chi connectivity index (χ1) is 6.40. The number of carboxylic acid groups (broad SMARTS) is 1. The minimum atomic E-state index is -1.59. The zero-order valence-corrected chi connectivity index (χ0v) is 9.03. The molecule has 1 aliphatic rings. The van der Waals surface area contributed by atoms with E-state index < -0.39 is 23.4 Å². The summed E-state index contributed by atoms with van der Waals surface area (Å²) < 4.78 is 0. The van der Waals surface area contributed by atoms with Crippen LogP contribution in [0.15, 0.2) is 0 Å². The van der Waals surface area contributed by atoms with Gasteiger partial charge in [0.2, 0.25) is 5.91 Å². The second-order valence-corrected chi connectivity index (χ2v) is 4.75. The van der Waals surface area contributed by atoms with E-state index in [0.29, 0.717) is 6.42 Å². The molecule has 1 fully saturated rings. The number of primary amides is 1. The molecule has 0 aromatic heterocycles. The Hall–Kier alpha value is -0.620. The fraction of sp³-hybridized carbons (Fsp3) is 0.750. The van der Waals surface area contributed by atoms with Crippen LogP contribution in [-0.2, 0) is 9.59 Å². The standard InChI is InChI=1S/C8H12BrNO4/c9-4-1-2-8(6(10)12,7(13)14)3-5(4)11/h4-5,11H,1-3H2,(H2,10,12)(H,13,14). The number of hydrogen-bond donors (Lipinski definition) is 3. The van der Waals surface area contributed by atoms with Gasteiger partial charge >= 0.3 is 5.97 Å². The summed E-state index contributed by atoms with van der Waals surface area (Å²) in [5, 5.41) is 18.4. The van der Waals surface area contributed by atoms with E-state index in [1.807, 2.05) is 0 Å². The molecule has 0 saturated heterocycles. The Kier molecular flexibility index (Phi) is 3.16. The number of rotatable bonds is 2. The van der Waals surface area contributed by atoms with E-state index >= 15 is 0 Å². The fourth-order valence-corrected chi connectivity index (χ4v) is 2.10. The maximum atomic E-state index is 11.1. The summed E-state index contributed by atoms with van der Waals surface area (Å²) in [6.07, 6.45) is -0.360. The van der Waals surface area contributed by atoms with Crippen LogP contribution in [0.4, 0.5) is 0 Å². The van der Waals surface area contributed by atoms with Crippen molar-refractivity contribution in [3.63, 3.8) is 0 Å². The number of nitrogens with two attached hydrogens (primary N) is 1. The lowest BCUT2D eigenvalue weighted by Crippen LogP contribution is -2.50. The van der Waals surface area contributed by atoms with Crippen LogP contribution in [0.25, 0.3) is 0 Å². The number of aliphatic hydroxyl groups excluding tert-OH is 1. The van der Waals surface area contributed by atoms with Gasteiger partial charge in [0.05, 0.1) is 6.10 Å². The maximum Gasteiger partial charge on any atom is 0.319 e. The molecular formula is C8H12BrNO4. The van der Waals surface area contributed by atoms with Gasteiger partial charge < -0.3 is 15.9 Å². The second kappa shape index (κ2) is 3.86. The third-order valence-corrected chi connectivity index (χ3v) is 3.77. The van der Waals surface area contributed by atoms with Gasteiger partial charge in [-0.2, -0.15) is 0 Å². The van der Waals surface area contributed by atoms with E-state index in [9.17, 15) is 14.7 Å². The van der Waals surface area contributed by atoms with Crippen molar-refractivity contribution < 1.29 is 19.8 Å². The van der Waals surface area contributed by atoms with E-state index in [1.165, 1.54) is 0 Å². The molecule has 0 radical (unpaired) electrons. The lowest BCUT2D eigenvalue weighted by molar-refractivity contribution is -0.159. The Morgan fingerprint density at radius 2 is 2.07 bits per heavy atom. The monoisotopic (exact) mass is 265 g/mol. The molecule has 0 aromatic rings. The molecular weight excluding hydrogens is 254 g/mol. The topological polar surface area (TPSA) is 101 Å². The average Bonchev–Trinajstić information content (AvgIpc) is 2.09. The molecule has 0 bridgehead atoms. The molecule has 0 spiro atoms. The Morgan fingerprint density at radius 3 is 2.43 bits per heavy atom. The van der Waals surface area contributed by atoms with Crippen molar-refractivity contribution in [2.75, 3.05) is 0 Å². The van der Waals surface area contributed by atoms with E-state index in [2.05, 4.69) is 15.9 Å². The molecule has 1 aliphatic carbocycles. The summed E-state index contributed by atoms with van der Waals surface area (Å²) in [5.74, 6) is -2.12. The largest absolute Gasteiger partial charge is 0.480 e. The minimum absolute atomic E-state index is 0.117. The third-order valence-electron chi connectivity index (χ3n) is 2.70. The Balaban J connectivity index is 2.91. The maximum absolute atomic E-state index is 11.1. The number of carboxylic acids is 1. The predicted octanol–water partition coefficient (Wildman–Crippen LogP) is -0.149. The number of aliphatic carboxylic acids is 1. The van der Waals surface area contributed by atoms with Crippen LogP contribution >= 0.6 is 15.9 Å². The van der Waals surface area contributed by atoms with E-state index in [0.717, 1.165) is 0 Å². The summed E-state index contributed by atoms with van der Waals surface area (Å²) in [6.45, 7) is 0. The summed E-state index contributed by atoms with van der Waals surface area (Å²) in [4.78, 5) is 21.9. The predicted molar refractivity (Wildman–Crippen MR) is 51.8 cm³/mol. The SMILES string of the molecule is NC(=O)C1(C(=O)O)CCC(Br)C(O)C1. The molecule has 1 rings (SSSR count). The van der Waals surface area contributed by atoms with E-state index in [1.54, 1.807) is 0 Å². The van der Waals surface area contributed by atoms with Gasteiger partial charge in [-0.05, 0) is 19.3 Å². The summed E-state index contributed by atoms with van der Waals surface area (Å²) in [5.41, 5.74) is 3.47. The number of alkyl halides is 1. The van der Waals surface area contributed by atoms with Crippen LogP contribution in [0.2, 0.25) is 0 Å². The Bertz CT molecular complexity index is 254. The van der Waals surface area contributed by atoms with Gasteiger partial charge in [-0.1, -0.05) is 15.9 Å². The number of carbonyl (C=O) groups excluding carboxylic acids is 1. The van der Waals surface area contributed by atoms with Gasteiger partial charge in [0.25, 0.3) is 0 Å². The highest BCUT2D eigenvalue weighted by Crippen LogP contribution is 2.39. The first-order valence-corrected chi connectivity index (χ1v) is 5.17. The van der Waals surface area contributed by atoms with Crippen molar-refractivity contribution in [1.29, 1.82) is 0 Å². The zero-order valence-electron chi connectivity index (χ0n) is 7.44. The lowest BCUT2D eigenvalue weighted by atomic mass is 9.72. The highest BCUT2D eigenvalue weighted by Gasteiger charge is 2.50. The van der Waals surface area contributed by atoms with E-state index in [-0.39, 0.29) is 17.7 Å². The number of carbonyl (C=O) groups is 2. The van der Waals surface area contributed by atoms with Crippen LogP contribution in [0, 0.1) is 5.41 Å². The Labute approximate surface area is 89.4 Å². The normalized spacial score (nSPS) is 37.9. The molecule has 4 N–H and O–H groups in total. The average molecular weight is 266 g/mol. The molecule has 14 heavy (non-hydrogen) atoms. The quantitative estimate of drug-likeness (QED) is 0.478. The zero-order chi connectivity index (χ0) is 10.9. The summed E-state index contributed by atoms with van der Waals surface area (Å²) in [6, 6.07) is 0. The third kappa shape index (κ3) is 1.76. The van der Waals surface area contributed by atoms with Gasteiger partial charge in [0.1, 0.15) is 5.41 Å². The van der Waals surface area contributed by atoms with Crippen LogP contribution < -0.4 is 5.73 Å². The first kappa shape index (κ1) is 11.5. The molecule has 0 heterocycles. The number of amides is 1. The molecule has 1 amide bonds. The molecule has 5 nitrogen and oxygen atoms in total. The second-order valence-electron chi connectivity index (χ2n) is 3.58. The molecule has 1 saturated carbocycles. The van der Waals surface area contributed by atoms with Crippen molar-refractivity contribution in [3.8, 4) is 0 Å². The molecule has 3 unspecified atom stereocenters. The summed E-state index contributed by atoms with van der Waals surface area (Å²) in [7, 11) is 0. The molecule has 80 valence electrons. The van der Waals surface area contributed by atoms with E-state index in [4.69, 9.17) is 10.8 Å². The van der Waals surface area contributed by atoms with Crippen LogP contribution in [0.3, 0.4) is 0 Å². The van der Waals surface area contributed by atoms with Crippen molar-refractivity contribution in [2.24, 2.45) is 11.1 Å². The van der Waals surface area contributed by atoms with Gasteiger partial charge in [-0.3, -0.25) is 9.59 Å². The highest BCUT2D eigenvalue weighted by atomic mass is 79.9. The van der Waals surface area contributed by atoms with Crippen molar-refractivity contribution in [2.45, 2.75) is 30.2 Å². The number of aliphatic hydroxyl groups is 1. The van der Waals surface area contributed by atoms with Crippen LogP contribution in [-0.4, -0.2) is 33.0 Å². The van der Waals surface area contributed by atoms with Crippen molar-refractivity contribution in [1.82, 2.24) is 0 Å². The van der Waals surface area contributed by atoms with Gasteiger partial charge in [0, 0.05) is 4.83 Å². The molecule has 3 atom stereocenters. The fourth-order valence-electron chi connectivity index (χ4n) is 1.69. The number of hydrogen-bond acceptors (Lipinski definition) is 3. The van der Waals surface area contributed by atoms with Gasteiger partial charge in [0.15, 0.2) is 0 Å². The van der Waals surface area contributed by atoms with Gasteiger partial charge in [-0.25, -0.2) is 0 Å². The van der Waals surface area contributed by atoms with Crippen molar-refractivity contribution >= 4 is 27.8 Å².